The van der Waals surface area contributed by atoms with Crippen molar-refractivity contribution < 1.29 is 4.42 Å². The maximum atomic E-state index is 6.11. The van der Waals surface area contributed by atoms with Crippen LogP contribution in [0, 0.1) is 0 Å². The highest BCUT2D eigenvalue weighted by Gasteiger charge is 2.13. The molecule has 0 spiro atoms. The first kappa shape index (κ1) is 19.2. The fourth-order valence-corrected chi connectivity index (χ4v) is 4.14. The van der Waals surface area contributed by atoms with Crippen LogP contribution in [0.4, 0.5) is 5.69 Å². The smallest absolute Gasteiger partial charge is 0.211 e. The summed E-state index contributed by atoms with van der Waals surface area (Å²) in [6.07, 6.45) is 5.42. The maximum Gasteiger partial charge on any atom is 0.211 e. The van der Waals surface area contributed by atoms with Gasteiger partial charge in [0.05, 0.1) is 11.9 Å². The van der Waals surface area contributed by atoms with E-state index in [1.807, 2.05) is 76.9 Å². The molecule has 3 aromatic heterocycles. The maximum absolute atomic E-state index is 6.11. The van der Waals surface area contributed by atoms with E-state index in [1.165, 1.54) is 16.9 Å². The van der Waals surface area contributed by atoms with Crippen LogP contribution in [0.1, 0.15) is 18.4 Å². The average Bonchev–Trinajstić information content (AvgIpc) is 3.42. The van der Waals surface area contributed by atoms with Gasteiger partial charge >= 0.3 is 0 Å². The monoisotopic (exact) mass is 424 g/mol. The molecule has 2 aromatic carbocycles. The van der Waals surface area contributed by atoms with Crippen molar-refractivity contribution in [1.29, 1.82) is 0 Å². The largest absolute Gasteiger partial charge is 0.454 e. The number of hydrogen-bond acceptors (Lipinski definition) is 5. The van der Waals surface area contributed by atoms with Gasteiger partial charge in [-0.25, -0.2) is 9.67 Å². The Bertz CT molecular complexity index is 1360. The van der Waals surface area contributed by atoms with E-state index < -0.39 is 0 Å². The predicted molar refractivity (Wildman–Crippen MR) is 126 cm³/mol. The minimum atomic E-state index is 0.156. The number of benzene rings is 2. The summed E-state index contributed by atoms with van der Waals surface area (Å²) in [5.74, 6) is 0.915. The number of hydrogen-bond donors (Lipinski definition) is 0. The van der Waals surface area contributed by atoms with E-state index in [1.54, 1.807) is 12.4 Å². The molecule has 3 heterocycles. The minimum absolute atomic E-state index is 0.156. The van der Waals surface area contributed by atoms with Gasteiger partial charge in [0.1, 0.15) is 11.3 Å². The van der Waals surface area contributed by atoms with Crippen LogP contribution in [0.5, 0.6) is 0 Å². The molecule has 0 amide bonds. The second kappa shape index (κ2) is 8.53. The fourth-order valence-electron chi connectivity index (χ4n) is 3.31. The molecule has 5 aromatic rings. The molecule has 5 rings (SSSR count). The number of aromatic nitrogens is 2. The number of fused-ring (bicyclic) bond motifs is 1. The van der Waals surface area contributed by atoms with Gasteiger partial charge in [0, 0.05) is 29.1 Å². The standard InChI is InChI=1S/C25H20N4OS/c1-18(19-8-3-2-4-9-19)15-27-29-22(24-14-20-10-5-6-12-23(20)30-24)17-31-25(29)28-21-11-7-13-26-16-21/h2-18H,1H3. The Morgan fingerprint density at radius 1 is 1.03 bits per heavy atom. The van der Waals surface area contributed by atoms with Crippen LogP contribution in [0.25, 0.3) is 22.4 Å². The predicted octanol–water partition coefficient (Wildman–Crippen LogP) is 6.23. The molecule has 6 heteroatoms. The number of furan rings is 1. The van der Waals surface area contributed by atoms with Gasteiger partial charge in [-0.1, -0.05) is 55.5 Å². The minimum Gasteiger partial charge on any atom is -0.454 e. The van der Waals surface area contributed by atoms with E-state index in [4.69, 9.17) is 14.5 Å². The highest BCUT2D eigenvalue weighted by molar-refractivity contribution is 7.07. The number of nitrogens with zero attached hydrogens (tertiary/aromatic N) is 4. The van der Waals surface area contributed by atoms with Gasteiger partial charge in [-0.15, -0.1) is 11.3 Å². The topological polar surface area (TPSA) is 55.7 Å². The van der Waals surface area contributed by atoms with Crippen molar-refractivity contribution >= 4 is 34.2 Å². The zero-order chi connectivity index (χ0) is 21.0. The van der Waals surface area contributed by atoms with Crippen LogP contribution < -0.4 is 4.80 Å². The second-order valence-corrected chi connectivity index (χ2v) is 7.99. The summed E-state index contributed by atoms with van der Waals surface area (Å²) in [6.45, 7) is 2.13. The Morgan fingerprint density at radius 2 is 1.87 bits per heavy atom. The lowest BCUT2D eigenvalue weighted by Crippen LogP contribution is -2.12. The molecular weight excluding hydrogens is 404 g/mol. The van der Waals surface area contributed by atoms with Crippen LogP contribution in [-0.4, -0.2) is 15.9 Å². The summed E-state index contributed by atoms with van der Waals surface area (Å²) in [6, 6.07) is 24.1. The van der Waals surface area contributed by atoms with E-state index in [0.717, 1.165) is 32.9 Å². The normalized spacial score (nSPS) is 13.3. The van der Waals surface area contributed by atoms with E-state index in [2.05, 4.69) is 24.0 Å². The van der Waals surface area contributed by atoms with Gasteiger partial charge in [-0.05, 0) is 29.8 Å². The molecule has 152 valence electrons. The Labute approximate surface area is 183 Å². The van der Waals surface area contributed by atoms with E-state index >= 15 is 0 Å². The van der Waals surface area contributed by atoms with Gasteiger partial charge in [-0.3, -0.25) is 4.98 Å². The Hall–Kier alpha value is -3.77. The van der Waals surface area contributed by atoms with Crippen molar-refractivity contribution in [3.8, 4) is 11.5 Å². The summed E-state index contributed by atoms with van der Waals surface area (Å²) in [7, 11) is 0. The van der Waals surface area contributed by atoms with Gasteiger partial charge in [-0.2, -0.15) is 5.10 Å². The van der Waals surface area contributed by atoms with Crippen molar-refractivity contribution in [2.24, 2.45) is 10.1 Å². The first-order valence-corrected chi connectivity index (χ1v) is 10.9. The lowest BCUT2D eigenvalue weighted by atomic mass is 10.0. The summed E-state index contributed by atoms with van der Waals surface area (Å²) < 4.78 is 7.95. The third-order valence-electron chi connectivity index (χ3n) is 4.97. The van der Waals surface area contributed by atoms with Gasteiger partial charge in [0.2, 0.25) is 4.80 Å². The molecule has 0 bridgehead atoms. The molecular formula is C25H20N4OS. The summed E-state index contributed by atoms with van der Waals surface area (Å²) in [4.78, 5) is 9.67. The molecule has 0 saturated heterocycles. The molecule has 5 nitrogen and oxygen atoms in total. The molecule has 0 aliphatic carbocycles. The molecule has 0 N–H and O–H groups in total. The third-order valence-corrected chi connectivity index (χ3v) is 5.78. The molecule has 1 atom stereocenters. The number of pyridine rings is 1. The zero-order valence-corrected chi connectivity index (χ0v) is 17.7. The van der Waals surface area contributed by atoms with Crippen LogP contribution >= 0.6 is 11.3 Å². The highest BCUT2D eigenvalue weighted by atomic mass is 32.1. The van der Waals surface area contributed by atoms with Crippen LogP contribution in [-0.2, 0) is 0 Å². The summed E-state index contributed by atoms with van der Waals surface area (Å²) >= 11 is 1.52. The van der Waals surface area contributed by atoms with E-state index in [9.17, 15) is 0 Å². The van der Waals surface area contributed by atoms with Crippen molar-refractivity contribution in [1.82, 2.24) is 9.66 Å². The van der Waals surface area contributed by atoms with Crippen molar-refractivity contribution in [3.63, 3.8) is 0 Å². The molecule has 0 aliphatic rings. The first-order chi connectivity index (χ1) is 15.3. The zero-order valence-electron chi connectivity index (χ0n) is 16.9. The van der Waals surface area contributed by atoms with Crippen LogP contribution in [0.2, 0.25) is 0 Å². The van der Waals surface area contributed by atoms with Crippen molar-refractivity contribution in [2.45, 2.75) is 12.8 Å². The van der Waals surface area contributed by atoms with Gasteiger partial charge in [0.15, 0.2) is 5.76 Å². The lowest BCUT2D eigenvalue weighted by Gasteiger charge is -2.06. The highest BCUT2D eigenvalue weighted by Crippen LogP contribution is 2.28. The molecule has 0 fully saturated rings. The lowest BCUT2D eigenvalue weighted by molar-refractivity contribution is 0.621. The Balaban J connectivity index is 1.61. The van der Waals surface area contributed by atoms with E-state index in [0.29, 0.717) is 0 Å². The Morgan fingerprint density at radius 3 is 2.68 bits per heavy atom. The number of para-hydroxylation sites is 1. The number of rotatable bonds is 5. The Kier molecular flexibility index (Phi) is 5.29. The molecule has 0 radical (unpaired) electrons. The van der Waals surface area contributed by atoms with Gasteiger partial charge < -0.3 is 4.42 Å². The average molecular weight is 425 g/mol. The summed E-state index contributed by atoms with van der Waals surface area (Å²) in [5.41, 5.74) is 3.70. The fraction of sp³-hybridized carbons (Fsp3) is 0.0800. The first-order valence-electron chi connectivity index (χ1n) is 10.0. The van der Waals surface area contributed by atoms with Crippen LogP contribution in [0.15, 0.2) is 105 Å². The van der Waals surface area contributed by atoms with E-state index in [-0.39, 0.29) is 5.92 Å². The van der Waals surface area contributed by atoms with Crippen LogP contribution in [0.3, 0.4) is 0 Å². The van der Waals surface area contributed by atoms with Gasteiger partial charge in [0.25, 0.3) is 0 Å². The third kappa shape index (κ3) is 4.11. The molecule has 1 unspecified atom stereocenters. The SMILES string of the molecule is CC(C=Nn1c(-c2cc3ccccc3o2)csc1=Nc1cccnc1)c1ccccc1. The van der Waals surface area contributed by atoms with Crippen molar-refractivity contribution in [3.05, 3.63) is 101 Å². The molecule has 0 saturated carbocycles. The second-order valence-electron chi connectivity index (χ2n) is 7.15. The quantitative estimate of drug-likeness (QED) is 0.314. The molecule has 31 heavy (non-hydrogen) atoms. The number of thiazole rings is 1. The van der Waals surface area contributed by atoms with Crippen molar-refractivity contribution in [2.75, 3.05) is 0 Å². The molecule has 0 aliphatic heterocycles. The summed E-state index contributed by atoms with van der Waals surface area (Å²) in [5, 5.41) is 7.90.